The molecule has 0 aliphatic rings. The number of nitrogens with zero attached hydrogens (tertiary/aromatic N) is 1. The van der Waals surface area contributed by atoms with Gasteiger partial charge in [-0.25, -0.2) is 0 Å². The van der Waals surface area contributed by atoms with Gasteiger partial charge in [0.1, 0.15) is 17.4 Å². The zero-order chi connectivity index (χ0) is 22.9. The number of nitrogens with one attached hydrogen (secondary N) is 2. The Balaban J connectivity index is 1.76. The van der Waals surface area contributed by atoms with Gasteiger partial charge in [-0.2, -0.15) is 5.26 Å². The Hall–Kier alpha value is -4.37. The molecule has 0 aromatic heterocycles. The molecule has 0 atom stereocenters. The van der Waals surface area contributed by atoms with E-state index in [4.69, 9.17) is 4.74 Å². The maximum Gasteiger partial charge on any atom is 0.266 e. The van der Waals surface area contributed by atoms with E-state index in [0.29, 0.717) is 34.9 Å². The number of hydrogen-bond donors (Lipinski definition) is 2. The van der Waals surface area contributed by atoms with Crippen LogP contribution in [0.3, 0.4) is 0 Å². The number of amides is 2. The monoisotopic (exact) mass is 425 g/mol. The highest BCUT2D eigenvalue weighted by Gasteiger charge is 2.13. The third kappa shape index (κ3) is 5.83. The number of hydrogen-bond acceptors (Lipinski definition) is 4. The minimum Gasteiger partial charge on any atom is -0.492 e. The fourth-order valence-corrected chi connectivity index (χ4v) is 2.97. The number of ether oxygens (including phenoxy) is 1. The number of benzene rings is 3. The van der Waals surface area contributed by atoms with E-state index in [-0.39, 0.29) is 11.5 Å². The van der Waals surface area contributed by atoms with Crippen LogP contribution in [-0.4, -0.2) is 18.4 Å². The fourth-order valence-electron chi connectivity index (χ4n) is 2.97. The highest BCUT2D eigenvalue weighted by Crippen LogP contribution is 2.24. The molecule has 3 aromatic rings. The topological polar surface area (TPSA) is 91.2 Å². The largest absolute Gasteiger partial charge is 0.492 e. The summed E-state index contributed by atoms with van der Waals surface area (Å²) in [7, 11) is 0. The molecule has 2 amide bonds. The fraction of sp³-hybridized carbons (Fsp3) is 0.115. The molecule has 160 valence electrons. The van der Waals surface area contributed by atoms with E-state index in [1.165, 1.54) is 6.08 Å². The first-order valence-electron chi connectivity index (χ1n) is 10.1. The lowest BCUT2D eigenvalue weighted by Crippen LogP contribution is -2.14. The number of rotatable bonds is 7. The van der Waals surface area contributed by atoms with Crippen LogP contribution in [0.2, 0.25) is 0 Å². The van der Waals surface area contributed by atoms with Crippen LogP contribution in [0, 0.1) is 18.3 Å². The summed E-state index contributed by atoms with van der Waals surface area (Å²) in [6.07, 6.45) is 1.47. The van der Waals surface area contributed by atoms with Crippen LogP contribution in [0.15, 0.2) is 78.4 Å². The van der Waals surface area contributed by atoms with Gasteiger partial charge in [0, 0.05) is 11.3 Å². The molecule has 2 N–H and O–H groups in total. The van der Waals surface area contributed by atoms with Crippen molar-refractivity contribution in [1.29, 1.82) is 5.26 Å². The average molecular weight is 425 g/mol. The summed E-state index contributed by atoms with van der Waals surface area (Å²) in [5.74, 6) is -0.257. The molecule has 0 saturated heterocycles. The van der Waals surface area contributed by atoms with Crippen molar-refractivity contribution >= 4 is 29.3 Å². The number of anilines is 2. The summed E-state index contributed by atoms with van der Waals surface area (Å²) < 4.78 is 5.51. The lowest BCUT2D eigenvalue weighted by atomic mass is 10.1. The maximum atomic E-state index is 12.7. The van der Waals surface area contributed by atoms with E-state index in [9.17, 15) is 14.9 Å². The van der Waals surface area contributed by atoms with Gasteiger partial charge in [0.05, 0.1) is 12.3 Å². The van der Waals surface area contributed by atoms with E-state index in [1.807, 2.05) is 32.0 Å². The second-order valence-electron chi connectivity index (χ2n) is 7.00. The summed E-state index contributed by atoms with van der Waals surface area (Å²) in [6.45, 7) is 4.26. The summed E-state index contributed by atoms with van der Waals surface area (Å²) in [5.41, 5.74) is 3.19. The molecular weight excluding hydrogens is 402 g/mol. The van der Waals surface area contributed by atoms with Crippen molar-refractivity contribution in [3.8, 4) is 11.8 Å². The predicted molar refractivity (Wildman–Crippen MR) is 125 cm³/mol. The highest BCUT2D eigenvalue weighted by atomic mass is 16.5. The summed E-state index contributed by atoms with van der Waals surface area (Å²) in [5, 5.41) is 15.1. The SMILES string of the molecule is CCOc1ccccc1NC(=O)/C(C#N)=C/c1cccc(NC(=O)c2ccc(C)cc2)c1. The van der Waals surface area contributed by atoms with Gasteiger partial charge in [-0.05, 0) is 61.9 Å². The van der Waals surface area contributed by atoms with Gasteiger partial charge in [0.2, 0.25) is 0 Å². The summed E-state index contributed by atoms with van der Waals surface area (Å²) in [4.78, 5) is 25.1. The number of para-hydroxylation sites is 2. The van der Waals surface area contributed by atoms with Gasteiger partial charge >= 0.3 is 0 Å². The molecular formula is C26H23N3O3. The van der Waals surface area contributed by atoms with Gasteiger partial charge in [-0.15, -0.1) is 0 Å². The molecule has 3 rings (SSSR count). The van der Waals surface area contributed by atoms with Gasteiger partial charge in [-0.1, -0.05) is 42.0 Å². The van der Waals surface area contributed by atoms with E-state index < -0.39 is 5.91 Å². The van der Waals surface area contributed by atoms with Gasteiger partial charge in [0.15, 0.2) is 0 Å². The van der Waals surface area contributed by atoms with Gasteiger partial charge < -0.3 is 15.4 Å². The molecule has 0 aliphatic heterocycles. The van der Waals surface area contributed by atoms with E-state index in [2.05, 4.69) is 10.6 Å². The van der Waals surface area contributed by atoms with Crippen molar-refractivity contribution < 1.29 is 14.3 Å². The Morgan fingerprint density at radius 1 is 1.00 bits per heavy atom. The van der Waals surface area contributed by atoms with Crippen LogP contribution in [-0.2, 0) is 4.79 Å². The Bertz CT molecular complexity index is 1190. The van der Waals surface area contributed by atoms with Crippen LogP contribution in [0.4, 0.5) is 11.4 Å². The third-order valence-corrected chi connectivity index (χ3v) is 4.57. The Morgan fingerprint density at radius 2 is 1.75 bits per heavy atom. The smallest absolute Gasteiger partial charge is 0.266 e. The van der Waals surface area contributed by atoms with Crippen LogP contribution < -0.4 is 15.4 Å². The maximum absolute atomic E-state index is 12.7. The average Bonchev–Trinajstić information content (AvgIpc) is 2.79. The van der Waals surface area contributed by atoms with Crippen molar-refractivity contribution in [3.63, 3.8) is 0 Å². The van der Waals surface area contributed by atoms with Gasteiger partial charge in [-0.3, -0.25) is 9.59 Å². The first-order valence-corrected chi connectivity index (χ1v) is 10.1. The highest BCUT2D eigenvalue weighted by molar-refractivity contribution is 6.10. The van der Waals surface area contributed by atoms with Gasteiger partial charge in [0.25, 0.3) is 11.8 Å². The molecule has 0 bridgehead atoms. The molecule has 0 heterocycles. The number of aryl methyl sites for hydroxylation is 1. The van der Waals surface area contributed by atoms with Crippen molar-refractivity contribution in [2.24, 2.45) is 0 Å². The lowest BCUT2D eigenvalue weighted by Gasteiger charge is -2.11. The van der Waals surface area contributed by atoms with E-state index in [1.54, 1.807) is 60.7 Å². The van der Waals surface area contributed by atoms with Crippen LogP contribution >= 0.6 is 0 Å². The molecule has 3 aromatic carbocycles. The van der Waals surface area contributed by atoms with E-state index in [0.717, 1.165) is 5.56 Å². The minimum absolute atomic E-state index is 0.0710. The number of nitriles is 1. The molecule has 6 nitrogen and oxygen atoms in total. The predicted octanol–water partition coefficient (Wildman–Crippen LogP) is 5.19. The molecule has 0 fully saturated rings. The molecule has 0 unspecified atom stereocenters. The number of carbonyl (C=O) groups excluding carboxylic acids is 2. The Labute approximate surface area is 187 Å². The molecule has 6 heteroatoms. The van der Waals surface area contributed by atoms with Crippen LogP contribution in [0.25, 0.3) is 6.08 Å². The third-order valence-electron chi connectivity index (χ3n) is 4.57. The molecule has 0 spiro atoms. The second kappa shape index (κ2) is 10.6. The van der Waals surface area contributed by atoms with Crippen molar-refractivity contribution in [2.45, 2.75) is 13.8 Å². The zero-order valence-corrected chi connectivity index (χ0v) is 17.9. The molecule has 0 aliphatic carbocycles. The second-order valence-corrected chi connectivity index (χ2v) is 7.00. The minimum atomic E-state index is -0.547. The molecule has 0 saturated carbocycles. The quantitative estimate of drug-likeness (QED) is 0.402. The van der Waals surface area contributed by atoms with Crippen molar-refractivity contribution in [1.82, 2.24) is 0 Å². The zero-order valence-electron chi connectivity index (χ0n) is 17.9. The van der Waals surface area contributed by atoms with Crippen molar-refractivity contribution in [3.05, 3.63) is 95.1 Å². The standard InChI is InChI=1S/C26H23N3O3/c1-3-32-24-10-5-4-9-23(24)29-26(31)21(17-27)15-19-7-6-8-22(16-19)28-25(30)20-13-11-18(2)12-14-20/h4-16H,3H2,1-2H3,(H,28,30)(H,29,31)/b21-15+. The van der Waals surface area contributed by atoms with Crippen molar-refractivity contribution in [2.75, 3.05) is 17.2 Å². The first-order chi connectivity index (χ1) is 15.5. The summed E-state index contributed by atoms with van der Waals surface area (Å²) in [6, 6.07) is 23.2. The normalized spacial score (nSPS) is 10.7. The summed E-state index contributed by atoms with van der Waals surface area (Å²) >= 11 is 0. The van der Waals surface area contributed by atoms with E-state index >= 15 is 0 Å². The molecule has 32 heavy (non-hydrogen) atoms. The lowest BCUT2D eigenvalue weighted by molar-refractivity contribution is -0.112. The Kier molecular flexibility index (Phi) is 7.39. The Morgan fingerprint density at radius 3 is 2.47 bits per heavy atom. The van der Waals surface area contributed by atoms with Crippen LogP contribution in [0.5, 0.6) is 5.75 Å². The van der Waals surface area contributed by atoms with Crippen LogP contribution in [0.1, 0.15) is 28.4 Å². The molecule has 0 radical (unpaired) electrons. The first kappa shape index (κ1) is 22.3. The number of carbonyl (C=O) groups is 2.